The quantitative estimate of drug-likeness (QED) is 0.628. The van der Waals surface area contributed by atoms with Gasteiger partial charge in [-0.2, -0.15) is 4.99 Å². The van der Waals surface area contributed by atoms with Crippen LogP contribution in [-0.2, 0) is 11.4 Å². The number of hydrogen-bond donors (Lipinski definition) is 1. The average molecular weight is 486 g/mol. The first-order valence-corrected chi connectivity index (χ1v) is 9.47. The fraction of sp³-hybridized carbons (Fsp3) is 0.0588. The van der Waals surface area contributed by atoms with Gasteiger partial charge in [-0.15, -0.1) is 0 Å². The number of nitrogens with two attached hydrogens (primary N) is 1. The van der Waals surface area contributed by atoms with Crippen molar-refractivity contribution in [3.05, 3.63) is 67.2 Å². The number of benzene rings is 2. The average Bonchev–Trinajstić information content (AvgIpc) is 2.84. The number of amides is 1. The summed E-state index contributed by atoms with van der Waals surface area (Å²) in [5.74, 6) is -0.0600. The van der Waals surface area contributed by atoms with E-state index >= 15 is 0 Å². The zero-order chi connectivity index (χ0) is 18.0. The van der Waals surface area contributed by atoms with Crippen molar-refractivity contribution in [2.24, 2.45) is 10.7 Å². The second-order valence-corrected chi connectivity index (χ2v) is 7.87. The minimum Gasteiger partial charge on any atom is -0.487 e. The first-order chi connectivity index (χ1) is 11.9. The Morgan fingerprint density at radius 1 is 1.24 bits per heavy atom. The van der Waals surface area contributed by atoms with Crippen LogP contribution in [0.2, 0.25) is 0 Å². The number of hydrogen-bond acceptors (Lipinski definition) is 4. The molecule has 0 atom stereocenters. The maximum absolute atomic E-state index is 13.2. The Bertz CT molecular complexity index is 892. The molecule has 0 aliphatic carbocycles. The molecule has 2 N–H and O–H groups in total. The highest BCUT2D eigenvalue weighted by Gasteiger charge is 2.20. The normalized spacial score (nSPS) is 15.6. The summed E-state index contributed by atoms with van der Waals surface area (Å²) < 4.78 is 20.4. The lowest BCUT2D eigenvalue weighted by Crippen LogP contribution is -2.01. The first kappa shape index (κ1) is 18.2. The lowest BCUT2D eigenvalue weighted by atomic mass is 10.2. The number of rotatable bonds is 4. The molecule has 2 aromatic carbocycles. The Kier molecular flexibility index (Phi) is 5.61. The van der Waals surface area contributed by atoms with Crippen LogP contribution < -0.4 is 10.5 Å². The van der Waals surface area contributed by atoms with Crippen LogP contribution in [0.4, 0.5) is 4.39 Å². The second-order valence-electron chi connectivity index (χ2n) is 5.10. The van der Waals surface area contributed by atoms with Gasteiger partial charge in [-0.05, 0) is 85.1 Å². The van der Waals surface area contributed by atoms with Crippen LogP contribution in [0.1, 0.15) is 11.1 Å². The monoisotopic (exact) mass is 484 g/mol. The van der Waals surface area contributed by atoms with Crippen molar-refractivity contribution in [3.63, 3.8) is 0 Å². The summed E-state index contributed by atoms with van der Waals surface area (Å²) in [5.41, 5.74) is 7.06. The smallest absolute Gasteiger partial charge is 0.286 e. The molecule has 0 fully saturated rings. The van der Waals surface area contributed by atoms with Gasteiger partial charge in [-0.3, -0.25) is 4.79 Å². The topological polar surface area (TPSA) is 64.7 Å². The lowest BCUT2D eigenvalue weighted by Gasteiger charge is -2.11. The zero-order valence-corrected chi connectivity index (χ0v) is 16.6. The minimum atomic E-state index is -0.346. The Balaban J connectivity index is 1.79. The molecule has 0 radical (unpaired) electrons. The SMILES string of the molecule is NC1=NC(=O)C(=Cc2cc(Br)c(OCc3cccc(F)c3)c(Br)c2)S1. The molecule has 0 aromatic heterocycles. The van der Waals surface area contributed by atoms with Crippen LogP contribution in [0.3, 0.4) is 0 Å². The van der Waals surface area contributed by atoms with E-state index in [1.165, 1.54) is 12.1 Å². The molecule has 0 unspecified atom stereocenters. The summed E-state index contributed by atoms with van der Waals surface area (Å²) in [6.07, 6.45) is 1.71. The number of nitrogens with zero attached hydrogens (tertiary/aromatic N) is 1. The van der Waals surface area contributed by atoms with Crippen LogP contribution in [0, 0.1) is 5.82 Å². The van der Waals surface area contributed by atoms with Crippen LogP contribution in [0.25, 0.3) is 6.08 Å². The summed E-state index contributed by atoms with van der Waals surface area (Å²) in [5, 5.41) is 0.240. The molecule has 0 bridgehead atoms. The van der Waals surface area contributed by atoms with Gasteiger partial charge in [0.05, 0.1) is 13.9 Å². The van der Waals surface area contributed by atoms with Crippen molar-refractivity contribution >= 4 is 60.8 Å². The third-order valence-electron chi connectivity index (χ3n) is 3.23. The van der Waals surface area contributed by atoms with Gasteiger partial charge < -0.3 is 10.5 Å². The molecule has 1 heterocycles. The van der Waals surface area contributed by atoms with Crippen molar-refractivity contribution in [1.82, 2.24) is 0 Å². The molecule has 4 nitrogen and oxygen atoms in total. The first-order valence-electron chi connectivity index (χ1n) is 7.06. The Hall–Kier alpha value is -1.64. The zero-order valence-electron chi connectivity index (χ0n) is 12.6. The highest BCUT2D eigenvalue weighted by atomic mass is 79.9. The second kappa shape index (κ2) is 7.72. The van der Waals surface area contributed by atoms with Gasteiger partial charge in [0, 0.05) is 0 Å². The van der Waals surface area contributed by atoms with Gasteiger partial charge in [0.1, 0.15) is 18.2 Å². The highest BCUT2D eigenvalue weighted by molar-refractivity contribution is 9.11. The van der Waals surface area contributed by atoms with Gasteiger partial charge >= 0.3 is 0 Å². The molecule has 0 saturated carbocycles. The van der Waals surface area contributed by atoms with Gasteiger partial charge in [-0.25, -0.2) is 4.39 Å². The Morgan fingerprint density at radius 2 is 1.96 bits per heavy atom. The summed E-state index contributed by atoms with van der Waals surface area (Å²) in [6.45, 7) is 0.230. The van der Waals surface area contributed by atoms with Crippen molar-refractivity contribution in [3.8, 4) is 5.75 Å². The van der Waals surface area contributed by atoms with E-state index < -0.39 is 0 Å². The molecule has 1 aliphatic heterocycles. The van der Waals surface area contributed by atoms with E-state index in [9.17, 15) is 9.18 Å². The van der Waals surface area contributed by atoms with Crippen molar-refractivity contribution in [2.75, 3.05) is 0 Å². The van der Waals surface area contributed by atoms with Gasteiger partial charge in [-0.1, -0.05) is 12.1 Å². The summed E-state index contributed by atoms with van der Waals surface area (Å²) >= 11 is 8.05. The van der Waals surface area contributed by atoms with Crippen LogP contribution in [0.15, 0.2) is 55.2 Å². The van der Waals surface area contributed by atoms with E-state index in [2.05, 4.69) is 36.9 Å². The number of amidine groups is 1. The molecule has 2 aromatic rings. The molecule has 25 heavy (non-hydrogen) atoms. The third-order valence-corrected chi connectivity index (χ3v) is 5.22. The lowest BCUT2D eigenvalue weighted by molar-refractivity contribution is -0.113. The fourth-order valence-corrected chi connectivity index (χ4v) is 4.29. The van der Waals surface area contributed by atoms with E-state index in [4.69, 9.17) is 10.5 Å². The Labute approximate surface area is 164 Å². The van der Waals surface area contributed by atoms with Gasteiger partial charge in [0.25, 0.3) is 5.91 Å². The fourth-order valence-electron chi connectivity index (χ4n) is 2.16. The van der Waals surface area contributed by atoms with Crippen molar-refractivity contribution in [2.45, 2.75) is 6.61 Å². The Morgan fingerprint density at radius 3 is 2.56 bits per heavy atom. The van der Waals surface area contributed by atoms with Gasteiger partial charge in [0.2, 0.25) is 0 Å². The van der Waals surface area contributed by atoms with Gasteiger partial charge in [0.15, 0.2) is 5.17 Å². The summed E-state index contributed by atoms with van der Waals surface area (Å²) in [4.78, 5) is 15.8. The molecule has 1 amide bonds. The van der Waals surface area contributed by atoms with Crippen molar-refractivity contribution in [1.29, 1.82) is 0 Å². The minimum absolute atomic E-state index is 0.230. The number of carbonyl (C=O) groups excluding carboxylic acids is 1. The van der Waals surface area contributed by atoms with Crippen LogP contribution >= 0.6 is 43.6 Å². The number of halogens is 3. The molecule has 0 saturated heterocycles. The number of carbonyl (C=O) groups is 1. The number of ether oxygens (including phenoxy) is 1. The number of aliphatic imine (C=N–C) groups is 1. The molecule has 128 valence electrons. The number of thioether (sulfide) groups is 1. The van der Waals surface area contributed by atoms with Crippen LogP contribution in [0.5, 0.6) is 5.75 Å². The third kappa shape index (κ3) is 4.50. The molecule has 8 heteroatoms. The predicted octanol–water partition coefficient (Wildman–Crippen LogP) is 4.86. The molecule has 3 rings (SSSR count). The van der Waals surface area contributed by atoms with E-state index in [1.807, 2.05) is 12.1 Å². The molecule has 1 aliphatic rings. The standard InChI is InChI=1S/C17H11Br2FN2O2S/c18-12-5-10(7-14-16(23)22-17(21)25-14)6-13(19)15(12)24-8-9-2-1-3-11(20)4-9/h1-7H,8H2,(H2,21,22,23). The van der Waals surface area contributed by atoms with Crippen molar-refractivity contribution < 1.29 is 13.9 Å². The van der Waals surface area contributed by atoms with E-state index in [1.54, 1.807) is 18.2 Å². The molecular formula is C17H11Br2FN2O2S. The maximum atomic E-state index is 13.2. The maximum Gasteiger partial charge on any atom is 0.286 e. The molecule has 0 spiro atoms. The van der Waals surface area contributed by atoms with E-state index in [0.29, 0.717) is 19.6 Å². The van der Waals surface area contributed by atoms with Crippen LogP contribution in [-0.4, -0.2) is 11.1 Å². The summed E-state index contributed by atoms with van der Waals surface area (Å²) in [7, 11) is 0. The summed E-state index contributed by atoms with van der Waals surface area (Å²) in [6, 6.07) is 9.88. The van der Waals surface area contributed by atoms with E-state index in [-0.39, 0.29) is 23.5 Å². The predicted molar refractivity (Wildman–Crippen MR) is 105 cm³/mol. The van der Waals surface area contributed by atoms with E-state index in [0.717, 1.165) is 22.9 Å². The largest absolute Gasteiger partial charge is 0.487 e. The molecular weight excluding hydrogens is 475 g/mol. The highest BCUT2D eigenvalue weighted by Crippen LogP contribution is 2.37.